The van der Waals surface area contributed by atoms with Gasteiger partial charge in [-0.2, -0.15) is 17.6 Å². The van der Waals surface area contributed by atoms with Crippen molar-refractivity contribution in [2.24, 2.45) is 0 Å². The maximum absolute atomic E-state index is 12.2. The summed E-state index contributed by atoms with van der Waals surface area (Å²) >= 11 is 4.12. The Balaban J connectivity index is 1.80. The SMILES string of the molecule is O=c1[nH]c(NCCCS)nc2c1ncn2C1CC(O)C(COP(=O)(O)O)O1. The number of aliphatic hydroxyl groups excluding tert-OH is 1. The Bertz CT molecular complexity index is 899. The predicted octanol–water partition coefficient (Wildman–Crippen LogP) is -0.391. The lowest BCUT2D eigenvalue weighted by molar-refractivity contribution is -0.0424. The maximum Gasteiger partial charge on any atom is 0.469 e. The summed E-state index contributed by atoms with van der Waals surface area (Å²) in [4.78, 5) is 40.7. The number of imidazole rings is 1. The number of hydrogen-bond acceptors (Lipinski definition) is 9. The quantitative estimate of drug-likeness (QED) is 0.187. The van der Waals surface area contributed by atoms with Crippen molar-refractivity contribution >= 4 is 37.6 Å². The van der Waals surface area contributed by atoms with Gasteiger partial charge in [0.25, 0.3) is 5.56 Å². The second-order valence-corrected chi connectivity index (χ2v) is 7.65. The molecule has 1 saturated heterocycles. The van der Waals surface area contributed by atoms with E-state index in [9.17, 15) is 14.5 Å². The van der Waals surface area contributed by atoms with Gasteiger partial charge >= 0.3 is 7.82 Å². The number of rotatable bonds is 8. The lowest BCUT2D eigenvalue weighted by Crippen LogP contribution is -2.25. The number of aromatic amines is 1. The molecular weight excluding hydrogens is 401 g/mol. The van der Waals surface area contributed by atoms with Crippen LogP contribution in [0.5, 0.6) is 0 Å². The van der Waals surface area contributed by atoms with Crippen LogP contribution in [0.25, 0.3) is 11.2 Å². The van der Waals surface area contributed by atoms with E-state index in [4.69, 9.17) is 14.5 Å². The summed E-state index contributed by atoms with van der Waals surface area (Å²) in [6.07, 6.45) is -0.381. The summed E-state index contributed by atoms with van der Waals surface area (Å²) in [5, 5.41) is 13.1. The minimum absolute atomic E-state index is 0.114. The van der Waals surface area contributed by atoms with Crippen LogP contribution in [0.15, 0.2) is 11.1 Å². The number of nitrogens with one attached hydrogen (secondary N) is 2. The van der Waals surface area contributed by atoms with Crippen molar-refractivity contribution in [1.29, 1.82) is 0 Å². The van der Waals surface area contributed by atoms with Gasteiger partial charge in [-0.25, -0.2) is 9.55 Å². The van der Waals surface area contributed by atoms with E-state index >= 15 is 0 Å². The van der Waals surface area contributed by atoms with E-state index in [1.54, 1.807) is 0 Å². The van der Waals surface area contributed by atoms with Gasteiger partial charge in [-0.1, -0.05) is 0 Å². The molecule has 1 fully saturated rings. The number of H-pyrrole nitrogens is 1. The van der Waals surface area contributed by atoms with Crippen LogP contribution < -0.4 is 10.9 Å². The van der Waals surface area contributed by atoms with Crippen LogP contribution in [-0.2, 0) is 13.8 Å². The first-order chi connectivity index (χ1) is 12.8. The molecule has 3 atom stereocenters. The van der Waals surface area contributed by atoms with Crippen molar-refractivity contribution in [2.45, 2.75) is 31.3 Å². The van der Waals surface area contributed by atoms with Gasteiger partial charge in [-0.3, -0.25) is 18.9 Å². The highest BCUT2D eigenvalue weighted by Crippen LogP contribution is 2.38. The third kappa shape index (κ3) is 4.88. The highest BCUT2D eigenvalue weighted by Gasteiger charge is 2.37. The molecule has 0 radical (unpaired) electrons. The summed E-state index contributed by atoms with van der Waals surface area (Å²) < 4.78 is 22.3. The molecule has 27 heavy (non-hydrogen) atoms. The first kappa shape index (κ1) is 20.3. The molecule has 3 unspecified atom stereocenters. The molecule has 1 aliphatic heterocycles. The molecular formula is C13H20N5O7PS. The van der Waals surface area contributed by atoms with Crippen LogP contribution >= 0.6 is 20.5 Å². The van der Waals surface area contributed by atoms with Crippen LogP contribution in [0.4, 0.5) is 5.95 Å². The number of hydrogen-bond donors (Lipinski definition) is 6. The molecule has 0 aliphatic carbocycles. The lowest BCUT2D eigenvalue weighted by atomic mass is 10.2. The molecule has 12 nitrogen and oxygen atoms in total. The van der Waals surface area contributed by atoms with Gasteiger partial charge in [0.15, 0.2) is 11.2 Å². The minimum Gasteiger partial charge on any atom is -0.390 e. The number of aliphatic hydroxyl groups is 1. The van der Waals surface area contributed by atoms with Gasteiger partial charge in [0.1, 0.15) is 12.3 Å². The van der Waals surface area contributed by atoms with Gasteiger partial charge in [-0.05, 0) is 12.2 Å². The van der Waals surface area contributed by atoms with E-state index in [0.717, 1.165) is 6.42 Å². The van der Waals surface area contributed by atoms with Crippen molar-refractivity contribution in [2.75, 3.05) is 24.2 Å². The fourth-order valence-electron chi connectivity index (χ4n) is 2.71. The number of anilines is 1. The standard InChI is InChI=1S/C13H20N5O7PS/c19-7-4-9(25-8(7)5-24-26(21,22)23)18-6-15-10-11(18)16-13(17-12(10)20)14-2-1-3-27/h6-9,19,27H,1-5H2,(H2,21,22,23)(H2,14,16,17,20). The van der Waals surface area contributed by atoms with Crippen molar-refractivity contribution in [3.05, 3.63) is 16.7 Å². The number of fused-ring (bicyclic) bond motifs is 1. The Morgan fingerprint density at radius 2 is 2.30 bits per heavy atom. The molecule has 5 N–H and O–H groups in total. The molecule has 0 spiro atoms. The first-order valence-corrected chi connectivity index (χ1v) is 10.3. The number of phosphoric ester groups is 1. The lowest BCUT2D eigenvalue weighted by Gasteiger charge is -2.16. The van der Waals surface area contributed by atoms with Gasteiger partial charge in [0.05, 0.1) is 19.0 Å². The van der Waals surface area contributed by atoms with Crippen molar-refractivity contribution in [3.63, 3.8) is 0 Å². The molecule has 14 heteroatoms. The van der Waals surface area contributed by atoms with Crippen molar-refractivity contribution in [1.82, 2.24) is 19.5 Å². The van der Waals surface area contributed by atoms with E-state index in [-0.39, 0.29) is 23.5 Å². The summed E-state index contributed by atoms with van der Waals surface area (Å²) in [7, 11) is -4.67. The largest absolute Gasteiger partial charge is 0.469 e. The molecule has 3 heterocycles. The van der Waals surface area contributed by atoms with Gasteiger partial charge in [0, 0.05) is 13.0 Å². The van der Waals surface area contributed by atoms with E-state index < -0.39 is 38.4 Å². The predicted molar refractivity (Wildman–Crippen MR) is 97.6 cm³/mol. The highest BCUT2D eigenvalue weighted by atomic mass is 32.1. The van der Waals surface area contributed by atoms with Gasteiger partial charge < -0.3 is 24.9 Å². The Labute approximate surface area is 158 Å². The fraction of sp³-hybridized carbons (Fsp3) is 0.615. The summed E-state index contributed by atoms with van der Waals surface area (Å²) in [5.74, 6) is 0.958. The molecule has 0 bridgehead atoms. The number of aromatic nitrogens is 4. The number of phosphoric acid groups is 1. The van der Waals surface area contributed by atoms with Gasteiger partial charge in [0.2, 0.25) is 5.95 Å². The summed E-state index contributed by atoms with van der Waals surface area (Å²) in [6, 6.07) is 0. The Kier molecular flexibility index (Phi) is 6.21. The van der Waals surface area contributed by atoms with Crippen molar-refractivity contribution < 1.29 is 28.7 Å². The average Bonchev–Trinajstić information content (AvgIpc) is 3.16. The summed E-state index contributed by atoms with van der Waals surface area (Å²) in [6.45, 7) is 0.103. The Hall–Kier alpha value is -1.47. The van der Waals surface area contributed by atoms with Crippen LogP contribution in [0.2, 0.25) is 0 Å². The van der Waals surface area contributed by atoms with E-state index in [2.05, 4.69) is 37.4 Å². The van der Waals surface area contributed by atoms with Crippen molar-refractivity contribution in [3.8, 4) is 0 Å². The molecule has 150 valence electrons. The second kappa shape index (κ2) is 8.27. The van der Waals surface area contributed by atoms with Crippen LogP contribution in [-0.4, -0.2) is 65.5 Å². The molecule has 0 saturated carbocycles. The monoisotopic (exact) mass is 421 g/mol. The van der Waals surface area contributed by atoms with Crippen LogP contribution in [0.3, 0.4) is 0 Å². The average molecular weight is 421 g/mol. The second-order valence-electron chi connectivity index (χ2n) is 5.96. The number of nitrogens with zero attached hydrogens (tertiary/aromatic N) is 3. The fourth-order valence-corrected chi connectivity index (χ4v) is 3.21. The zero-order chi connectivity index (χ0) is 19.6. The number of thiol groups is 1. The highest BCUT2D eigenvalue weighted by molar-refractivity contribution is 7.80. The van der Waals surface area contributed by atoms with E-state index in [0.29, 0.717) is 12.3 Å². The third-order valence-corrected chi connectivity index (χ3v) is 4.78. The Morgan fingerprint density at radius 3 is 3.00 bits per heavy atom. The number of ether oxygens (including phenoxy) is 1. The molecule has 2 aromatic heterocycles. The zero-order valence-corrected chi connectivity index (χ0v) is 15.8. The molecule has 2 aromatic rings. The van der Waals surface area contributed by atoms with Gasteiger partial charge in [-0.15, -0.1) is 0 Å². The minimum atomic E-state index is -4.67. The maximum atomic E-state index is 12.2. The first-order valence-electron chi connectivity index (χ1n) is 8.13. The van der Waals surface area contributed by atoms with Crippen LogP contribution in [0, 0.1) is 0 Å². The van der Waals surface area contributed by atoms with Crippen LogP contribution in [0.1, 0.15) is 19.1 Å². The molecule has 0 aromatic carbocycles. The zero-order valence-electron chi connectivity index (χ0n) is 14.1. The normalized spacial score (nSPS) is 23.2. The summed E-state index contributed by atoms with van der Waals surface area (Å²) in [5.41, 5.74) is -0.0457. The molecule has 3 rings (SSSR count). The molecule has 1 aliphatic rings. The Morgan fingerprint density at radius 1 is 1.52 bits per heavy atom. The topological polar surface area (TPSA) is 172 Å². The van der Waals surface area contributed by atoms with E-state index in [1.165, 1.54) is 10.9 Å². The molecule has 0 amide bonds. The van der Waals surface area contributed by atoms with E-state index in [1.807, 2.05) is 0 Å². The third-order valence-electron chi connectivity index (χ3n) is 3.98. The smallest absolute Gasteiger partial charge is 0.390 e.